The van der Waals surface area contributed by atoms with Gasteiger partial charge in [-0.2, -0.15) is 8.42 Å². The number of hydrogen-bond acceptors (Lipinski definition) is 3. The van der Waals surface area contributed by atoms with Crippen molar-refractivity contribution in [1.82, 2.24) is 0 Å². The van der Waals surface area contributed by atoms with Gasteiger partial charge in [-0.15, -0.1) is 0 Å². The van der Waals surface area contributed by atoms with E-state index >= 15 is 0 Å². The number of hydrogen-bond donors (Lipinski definition) is 0. The fourth-order valence-corrected chi connectivity index (χ4v) is 2.17. The number of benzene rings is 2. The molecule has 0 spiro atoms. The SMILES string of the molecule is Cc1c(OS(C)(=O)=O)ccc2ccccc12. The van der Waals surface area contributed by atoms with Crippen LogP contribution in [0.15, 0.2) is 36.4 Å². The molecule has 0 saturated heterocycles. The first kappa shape index (κ1) is 11.0. The van der Waals surface area contributed by atoms with Crippen molar-refractivity contribution in [2.24, 2.45) is 0 Å². The molecule has 16 heavy (non-hydrogen) atoms. The topological polar surface area (TPSA) is 43.4 Å². The molecule has 0 aliphatic rings. The van der Waals surface area contributed by atoms with Crippen LogP contribution in [0.3, 0.4) is 0 Å². The molecule has 3 nitrogen and oxygen atoms in total. The molecular formula is C12H12O3S. The zero-order valence-electron chi connectivity index (χ0n) is 9.10. The fraction of sp³-hybridized carbons (Fsp3) is 0.167. The summed E-state index contributed by atoms with van der Waals surface area (Å²) in [6.45, 7) is 1.85. The molecule has 0 aliphatic carbocycles. The highest BCUT2D eigenvalue weighted by molar-refractivity contribution is 7.86. The van der Waals surface area contributed by atoms with E-state index in [1.54, 1.807) is 6.07 Å². The van der Waals surface area contributed by atoms with Crippen LogP contribution in [0.2, 0.25) is 0 Å². The molecule has 2 aromatic carbocycles. The molecule has 84 valence electrons. The van der Waals surface area contributed by atoms with Crippen LogP contribution in [0, 0.1) is 6.92 Å². The zero-order valence-corrected chi connectivity index (χ0v) is 9.91. The molecule has 0 aliphatic heterocycles. The lowest BCUT2D eigenvalue weighted by Crippen LogP contribution is -2.06. The monoisotopic (exact) mass is 236 g/mol. The Balaban J connectivity index is 2.61. The Hall–Kier alpha value is -1.55. The van der Waals surface area contributed by atoms with Gasteiger partial charge >= 0.3 is 10.1 Å². The fourth-order valence-electron chi connectivity index (χ4n) is 1.66. The Morgan fingerprint density at radius 1 is 1.06 bits per heavy atom. The lowest BCUT2D eigenvalue weighted by molar-refractivity contribution is 0.491. The molecule has 0 radical (unpaired) electrons. The van der Waals surface area contributed by atoms with Gasteiger partial charge in [-0.05, 0) is 23.8 Å². The zero-order chi connectivity index (χ0) is 11.8. The van der Waals surface area contributed by atoms with E-state index in [2.05, 4.69) is 0 Å². The van der Waals surface area contributed by atoms with Gasteiger partial charge < -0.3 is 4.18 Å². The summed E-state index contributed by atoms with van der Waals surface area (Å²) in [6.07, 6.45) is 1.04. The van der Waals surface area contributed by atoms with Crippen molar-refractivity contribution in [3.63, 3.8) is 0 Å². The molecule has 0 bridgehead atoms. The van der Waals surface area contributed by atoms with E-state index in [0.717, 1.165) is 22.6 Å². The van der Waals surface area contributed by atoms with E-state index < -0.39 is 10.1 Å². The van der Waals surface area contributed by atoms with Crippen molar-refractivity contribution in [1.29, 1.82) is 0 Å². The van der Waals surface area contributed by atoms with Gasteiger partial charge in [-0.3, -0.25) is 0 Å². The molecule has 0 heterocycles. The van der Waals surface area contributed by atoms with Gasteiger partial charge in [-0.25, -0.2) is 0 Å². The van der Waals surface area contributed by atoms with Crippen LogP contribution in [-0.4, -0.2) is 14.7 Å². The summed E-state index contributed by atoms with van der Waals surface area (Å²) in [5.74, 6) is 0.390. The van der Waals surface area contributed by atoms with Gasteiger partial charge in [-0.1, -0.05) is 30.3 Å². The maximum atomic E-state index is 11.1. The van der Waals surface area contributed by atoms with Gasteiger partial charge in [0.25, 0.3) is 0 Å². The summed E-state index contributed by atoms with van der Waals surface area (Å²) in [5.41, 5.74) is 0.837. The summed E-state index contributed by atoms with van der Waals surface area (Å²) >= 11 is 0. The molecule has 4 heteroatoms. The van der Waals surface area contributed by atoms with Crippen molar-refractivity contribution in [2.45, 2.75) is 6.92 Å². The summed E-state index contributed by atoms with van der Waals surface area (Å²) in [7, 11) is -3.47. The highest BCUT2D eigenvalue weighted by atomic mass is 32.2. The largest absolute Gasteiger partial charge is 0.382 e. The first-order valence-corrected chi connectivity index (χ1v) is 6.67. The van der Waals surface area contributed by atoms with Gasteiger partial charge in [0.05, 0.1) is 6.26 Å². The quantitative estimate of drug-likeness (QED) is 0.752. The first-order valence-electron chi connectivity index (χ1n) is 4.85. The number of rotatable bonds is 2. The molecule has 2 rings (SSSR count). The third-order valence-electron chi connectivity index (χ3n) is 2.39. The predicted molar refractivity (Wildman–Crippen MR) is 64.2 cm³/mol. The summed E-state index contributed by atoms with van der Waals surface area (Å²) in [6, 6.07) is 11.3. The maximum absolute atomic E-state index is 11.1. The predicted octanol–water partition coefficient (Wildman–Crippen LogP) is 2.49. The average molecular weight is 236 g/mol. The third-order valence-corrected chi connectivity index (χ3v) is 2.87. The van der Waals surface area contributed by atoms with Gasteiger partial charge in [0, 0.05) is 5.56 Å². The second-order valence-corrected chi connectivity index (χ2v) is 5.27. The molecular weight excluding hydrogens is 224 g/mol. The average Bonchev–Trinajstić information content (AvgIpc) is 2.21. The minimum atomic E-state index is -3.47. The highest BCUT2D eigenvalue weighted by Crippen LogP contribution is 2.27. The Morgan fingerprint density at radius 3 is 2.44 bits per heavy atom. The minimum Gasteiger partial charge on any atom is -0.382 e. The summed E-state index contributed by atoms with van der Waals surface area (Å²) in [5, 5.41) is 2.07. The Morgan fingerprint density at radius 2 is 1.75 bits per heavy atom. The van der Waals surface area contributed by atoms with Gasteiger partial charge in [0.15, 0.2) is 0 Å². The van der Waals surface area contributed by atoms with E-state index in [1.165, 1.54) is 0 Å². The van der Waals surface area contributed by atoms with E-state index in [4.69, 9.17) is 4.18 Å². The maximum Gasteiger partial charge on any atom is 0.306 e. The second-order valence-electron chi connectivity index (χ2n) is 3.70. The first-order chi connectivity index (χ1) is 7.47. The second kappa shape index (κ2) is 3.79. The molecule has 0 unspecified atom stereocenters. The lowest BCUT2D eigenvalue weighted by Gasteiger charge is -2.08. The third kappa shape index (κ3) is 2.17. The van der Waals surface area contributed by atoms with Gasteiger partial charge in [0.2, 0.25) is 0 Å². The normalized spacial score (nSPS) is 11.6. The summed E-state index contributed by atoms with van der Waals surface area (Å²) < 4.78 is 27.0. The van der Waals surface area contributed by atoms with E-state index in [1.807, 2.05) is 37.3 Å². The van der Waals surface area contributed by atoms with Crippen LogP contribution >= 0.6 is 0 Å². The summed E-state index contributed by atoms with van der Waals surface area (Å²) in [4.78, 5) is 0. The Kier molecular flexibility index (Phi) is 2.59. The van der Waals surface area contributed by atoms with Crippen molar-refractivity contribution < 1.29 is 12.6 Å². The van der Waals surface area contributed by atoms with E-state index in [-0.39, 0.29) is 0 Å². The van der Waals surface area contributed by atoms with Crippen LogP contribution in [0.5, 0.6) is 5.75 Å². The van der Waals surface area contributed by atoms with Crippen molar-refractivity contribution in [3.8, 4) is 5.75 Å². The highest BCUT2D eigenvalue weighted by Gasteiger charge is 2.09. The van der Waals surface area contributed by atoms with Crippen molar-refractivity contribution >= 4 is 20.9 Å². The van der Waals surface area contributed by atoms with Crippen LogP contribution in [0.1, 0.15) is 5.56 Å². The lowest BCUT2D eigenvalue weighted by atomic mass is 10.1. The molecule has 0 fully saturated rings. The van der Waals surface area contributed by atoms with Crippen LogP contribution in [-0.2, 0) is 10.1 Å². The standard InChI is InChI=1S/C12H12O3S/c1-9-11-6-4-3-5-10(11)7-8-12(9)15-16(2,13)14/h3-8H,1-2H3. The van der Waals surface area contributed by atoms with E-state index in [0.29, 0.717) is 5.75 Å². The molecule has 2 aromatic rings. The molecule has 0 atom stereocenters. The van der Waals surface area contributed by atoms with Crippen LogP contribution < -0.4 is 4.18 Å². The molecule has 0 saturated carbocycles. The molecule has 0 N–H and O–H groups in total. The van der Waals surface area contributed by atoms with Crippen molar-refractivity contribution in [3.05, 3.63) is 42.0 Å². The molecule has 0 aromatic heterocycles. The van der Waals surface area contributed by atoms with E-state index in [9.17, 15) is 8.42 Å². The van der Waals surface area contributed by atoms with Crippen molar-refractivity contribution in [2.75, 3.05) is 6.26 Å². The van der Waals surface area contributed by atoms with Crippen LogP contribution in [0.4, 0.5) is 0 Å². The number of fused-ring (bicyclic) bond motifs is 1. The molecule has 0 amide bonds. The Bertz CT molecular complexity index is 630. The minimum absolute atomic E-state index is 0.390. The van der Waals surface area contributed by atoms with Gasteiger partial charge in [0.1, 0.15) is 5.75 Å². The Labute approximate surface area is 94.8 Å². The smallest absolute Gasteiger partial charge is 0.306 e. The van der Waals surface area contributed by atoms with Crippen LogP contribution in [0.25, 0.3) is 10.8 Å². The number of aryl methyl sites for hydroxylation is 1.